The number of nitro benzene ring substituents is 1. The zero-order valence-electron chi connectivity index (χ0n) is 12.3. The molecule has 3 atom stereocenters. The van der Waals surface area contributed by atoms with Gasteiger partial charge in [0.2, 0.25) is 0 Å². The molecule has 0 saturated heterocycles. The van der Waals surface area contributed by atoms with E-state index in [-0.39, 0.29) is 22.6 Å². The molecule has 4 rings (SSSR count). The number of rotatable bonds is 2. The Labute approximate surface area is 142 Å². The minimum absolute atomic E-state index is 0.158. The normalized spacial score (nSPS) is 24.7. The number of hydrogen-bond acceptors (Lipinski definition) is 3. The third-order valence-corrected chi connectivity index (χ3v) is 5.26. The van der Waals surface area contributed by atoms with Gasteiger partial charge in [0.1, 0.15) is 0 Å². The second-order valence-electron chi connectivity index (χ2n) is 6.06. The van der Waals surface area contributed by atoms with Crippen LogP contribution < -0.4 is 5.32 Å². The summed E-state index contributed by atoms with van der Waals surface area (Å²) in [4.78, 5) is 10.7. The van der Waals surface area contributed by atoms with E-state index in [9.17, 15) is 10.1 Å². The molecule has 2 aromatic carbocycles. The number of hydrogen-bond donors (Lipinski definition) is 1. The number of fused-ring (bicyclic) bond motifs is 3. The van der Waals surface area contributed by atoms with Gasteiger partial charge in [-0.15, -0.1) is 0 Å². The first-order chi connectivity index (χ1) is 11.1. The zero-order valence-corrected chi connectivity index (χ0v) is 13.9. The van der Waals surface area contributed by atoms with Crippen molar-refractivity contribution in [3.63, 3.8) is 0 Å². The van der Waals surface area contributed by atoms with Crippen LogP contribution in [0.4, 0.5) is 11.4 Å². The van der Waals surface area contributed by atoms with E-state index >= 15 is 0 Å². The van der Waals surface area contributed by atoms with Crippen molar-refractivity contribution in [3.8, 4) is 0 Å². The number of allylic oxidation sites excluding steroid dienone is 2. The first kappa shape index (κ1) is 14.5. The summed E-state index contributed by atoms with van der Waals surface area (Å²) in [5.74, 6) is 0.619. The van der Waals surface area contributed by atoms with Gasteiger partial charge < -0.3 is 5.32 Å². The Morgan fingerprint density at radius 3 is 2.87 bits per heavy atom. The van der Waals surface area contributed by atoms with E-state index in [0.29, 0.717) is 5.92 Å². The molecule has 2 aromatic rings. The lowest BCUT2D eigenvalue weighted by Gasteiger charge is -2.37. The first-order valence-electron chi connectivity index (χ1n) is 7.60. The lowest BCUT2D eigenvalue weighted by Crippen LogP contribution is -2.29. The number of benzene rings is 2. The summed E-state index contributed by atoms with van der Waals surface area (Å²) in [6.45, 7) is 0. The van der Waals surface area contributed by atoms with Crippen molar-refractivity contribution in [2.75, 3.05) is 5.32 Å². The number of non-ortho nitro benzene ring substituents is 1. The van der Waals surface area contributed by atoms with Crippen molar-refractivity contribution in [2.24, 2.45) is 5.92 Å². The summed E-state index contributed by atoms with van der Waals surface area (Å²) in [5, 5.41) is 14.7. The van der Waals surface area contributed by atoms with Crippen LogP contribution in [-0.4, -0.2) is 4.92 Å². The van der Waals surface area contributed by atoms with Gasteiger partial charge in [0.25, 0.3) is 5.69 Å². The zero-order chi connectivity index (χ0) is 16.0. The van der Waals surface area contributed by atoms with E-state index < -0.39 is 0 Å². The molecular weight excluding hydrogens is 356 g/mol. The van der Waals surface area contributed by atoms with Crippen molar-refractivity contribution in [3.05, 3.63) is 80.3 Å². The number of nitrogens with one attached hydrogen (secondary N) is 1. The summed E-state index contributed by atoms with van der Waals surface area (Å²) >= 11 is 3.54. The maximum absolute atomic E-state index is 11.1. The molecule has 1 N–H and O–H groups in total. The lowest BCUT2D eigenvalue weighted by molar-refractivity contribution is -0.384. The van der Waals surface area contributed by atoms with Crippen molar-refractivity contribution in [2.45, 2.75) is 18.4 Å². The Morgan fingerprint density at radius 2 is 2.09 bits per heavy atom. The minimum atomic E-state index is -0.325. The molecule has 0 bridgehead atoms. The molecule has 116 valence electrons. The standard InChI is InChI=1S/C18H15BrN2O2/c19-12-4-1-3-11(9-12)18-15-6-2-5-14(15)16-10-13(21(22)23)7-8-17(16)20-18/h1-5,7-10,14-15,18,20H,6H2. The fourth-order valence-electron chi connectivity index (χ4n) is 3.73. The number of anilines is 1. The molecule has 0 radical (unpaired) electrons. The van der Waals surface area contributed by atoms with Crippen LogP contribution in [0, 0.1) is 16.0 Å². The SMILES string of the molecule is O=[N+]([O-])c1ccc2c(c1)C1C=CCC1C(c1cccc(Br)c1)N2. The molecule has 0 amide bonds. The molecule has 0 saturated carbocycles. The summed E-state index contributed by atoms with van der Waals surface area (Å²) in [6.07, 6.45) is 5.37. The molecule has 2 aliphatic rings. The van der Waals surface area contributed by atoms with Gasteiger partial charge in [-0.05, 0) is 41.7 Å². The van der Waals surface area contributed by atoms with Crippen molar-refractivity contribution in [1.82, 2.24) is 0 Å². The van der Waals surface area contributed by atoms with Crippen LogP contribution in [0.1, 0.15) is 29.5 Å². The second kappa shape index (κ2) is 5.49. The maximum Gasteiger partial charge on any atom is 0.269 e. The van der Waals surface area contributed by atoms with Crippen LogP contribution >= 0.6 is 15.9 Å². The van der Waals surface area contributed by atoms with Crippen LogP contribution in [-0.2, 0) is 0 Å². The van der Waals surface area contributed by atoms with Gasteiger partial charge in [-0.1, -0.05) is 40.2 Å². The van der Waals surface area contributed by atoms with E-state index in [1.54, 1.807) is 12.1 Å². The summed E-state index contributed by atoms with van der Waals surface area (Å²) in [6, 6.07) is 13.7. The fourth-order valence-corrected chi connectivity index (χ4v) is 4.14. The fraction of sp³-hybridized carbons (Fsp3) is 0.222. The molecule has 1 aliphatic heterocycles. The Morgan fingerprint density at radius 1 is 1.22 bits per heavy atom. The third-order valence-electron chi connectivity index (χ3n) is 4.76. The first-order valence-corrected chi connectivity index (χ1v) is 8.40. The molecule has 1 aliphatic carbocycles. The van der Waals surface area contributed by atoms with E-state index in [1.807, 2.05) is 18.2 Å². The van der Waals surface area contributed by atoms with Crippen LogP contribution in [0.2, 0.25) is 0 Å². The Bertz CT molecular complexity index is 818. The number of halogens is 1. The average Bonchev–Trinajstić information content (AvgIpc) is 3.03. The smallest absolute Gasteiger partial charge is 0.269 e. The molecule has 1 heterocycles. The highest BCUT2D eigenvalue weighted by Gasteiger charge is 2.38. The molecular formula is C18H15BrN2O2. The summed E-state index contributed by atoms with van der Waals surface area (Å²) in [5.41, 5.74) is 3.42. The molecule has 3 unspecified atom stereocenters. The minimum Gasteiger partial charge on any atom is -0.378 e. The molecule has 0 aromatic heterocycles. The maximum atomic E-state index is 11.1. The summed E-state index contributed by atoms with van der Waals surface area (Å²) in [7, 11) is 0. The molecule has 0 fully saturated rings. The van der Waals surface area contributed by atoms with E-state index in [1.165, 1.54) is 5.56 Å². The largest absolute Gasteiger partial charge is 0.378 e. The number of nitrogens with zero attached hydrogens (tertiary/aromatic N) is 1. The van der Waals surface area contributed by atoms with Gasteiger partial charge in [-0.2, -0.15) is 0 Å². The Balaban J connectivity index is 1.79. The molecule has 0 spiro atoms. The predicted molar refractivity (Wildman–Crippen MR) is 93.6 cm³/mol. The quantitative estimate of drug-likeness (QED) is 0.449. The van der Waals surface area contributed by atoms with Crippen molar-refractivity contribution in [1.29, 1.82) is 0 Å². The Hall–Kier alpha value is -2.14. The number of nitro groups is 1. The molecule has 23 heavy (non-hydrogen) atoms. The van der Waals surface area contributed by atoms with E-state index in [2.05, 4.69) is 45.5 Å². The van der Waals surface area contributed by atoms with Crippen LogP contribution in [0.5, 0.6) is 0 Å². The highest BCUT2D eigenvalue weighted by atomic mass is 79.9. The van der Waals surface area contributed by atoms with Crippen molar-refractivity contribution < 1.29 is 4.92 Å². The summed E-state index contributed by atoms with van der Waals surface area (Å²) < 4.78 is 1.06. The van der Waals surface area contributed by atoms with Crippen LogP contribution in [0.3, 0.4) is 0 Å². The van der Waals surface area contributed by atoms with Gasteiger partial charge in [-0.3, -0.25) is 10.1 Å². The molecule has 5 heteroatoms. The molecule has 4 nitrogen and oxygen atoms in total. The van der Waals surface area contributed by atoms with Gasteiger partial charge >= 0.3 is 0 Å². The van der Waals surface area contributed by atoms with E-state index in [4.69, 9.17) is 0 Å². The van der Waals surface area contributed by atoms with Gasteiger partial charge in [0, 0.05) is 28.2 Å². The van der Waals surface area contributed by atoms with Gasteiger partial charge in [-0.25, -0.2) is 0 Å². The van der Waals surface area contributed by atoms with Crippen LogP contribution in [0.15, 0.2) is 59.1 Å². The van der Waals surface area contributed by atoms with E-state index in [0.717, 1.165) is 22.1 Å². The Kier molecular flexibility index (Phi) is 3.45. The highest BCUT2D eigenvalue weighted by Crippen LogP contribution is 2.50. The van der Waals surface area contributed by atoms with Gasteiger partial charge in [0.05, 0.1) is 11.0 Å². The average molecular weight is 371 g/mol. The van der Waals surface area contributed by atoms with Gasteiger partial charge in [0.15, 0.2) is 0 Å². The second-order valence-corrected chi connectivity index (χ2v) is 6.97. The predicted octanol–water partition coefficient (Wildman–Crippen LogP) is 5.18. The van der Waals surface area contributed by atoms with Crippen molar-refractivity contribution >= 4 is 27.3 Å². The topological polar surface area (TPSA) is 55.2 Å². The lowest BCUT2D eigenvalue weighted by atomic mass is 9.77. The monoisotopic (exact) mass is 370 g/mol. The van der Waals surface area contributed by atoms with Crippen LogP contribution in [0.25, 0.3) is 0 Å². The highest BCUT2D eigenvalue weighted by molar-refractivity contribution is 9.10. The third kappa shape index (κ3) is 2.45.